The van der Waals surface area contributed by atoms with Crippen molar-refractivity contribution in [2.45, 2.75) is 13.0 Å². The molecular formula is C12H12ClN5O. The Morgan fingerprint density at radius 3 is 3.05 bits per heavy atom. The van der Waals surface area contributed by atoms with E-state index in [1.807, 2.05) is 6.07 Å². The first-order chi connectivity index (χ1) is 9.28. The molecule has 2 aromatic rings. The van der Waals surface area contributed by atoms with Gasteiger partial charge in [-0.3, -0.25) is 4.98 Å². The van der Waals surface area contributed by atoms with Crippen molar-refractivity contribution in [3.63, 3.8) is 0 Å². The zero-order chi connectivity index (χ0) is 13.5. The number of aryl methyl sites for hydroxylation is 1. The Balaban J connectivity index is 1.97. The van der Waals surface area contributed by atoms with Crippen LogP contribution in [0.15, 0.2) is 18.5 Å². The van der Waals surface area contributed by atoms with Crippen LogP contribution in [0.2, 0.25) is 0 Å². The van der Waals surface area contributed by atoms with E-state index in [4.69, 9.17) is 16.3 Å². The second kappa shape index (κ2) is 6.71. The third-order valence-electron chi connectivity index (χ3n) is 2.08. The molecule has 0 saturated heterocycles. The second-order valence-electron chi connectivity index (χ2n) is 3.63. The van der Waals surface area contributed by atoms with Crippen LogP contribution >= 0.6 is 11.6 Å². The number of aromatic nitrogens is 5. The van der Waals surface area contributed by atoms with Gasteiger partial charge in [-0.1, -0.05) is 11.8 Å². The third-order valence-corrected chi connectivity index (χ3v) is 2.27. The quantitative estimate of drug-likeness (QED) is 0.620. The molecule has 19 heavy (non-hydrogen) atoms. The van der Waals surface area contributed by atoms with E-state index in [9.17, 15) is 0 Å². The highest BCUT2D eigenvalue weighted by atomic mass is 35.5. The van der Waals surface area contributed by atoms with Crippen molar-refractivity contribution < 1.29 is 4.74 Å². The van der Waals surface area contributed by atoms with Crippen LogP contribution in [-0.4, -0.2) is 31.1 Å². The molecule has 0 radical (unpaired) electrons. The first-order valence-corrected chi connectivity index (χ1v) is 6.17. The van der Waals surface area contributed by atoms with Crippen molar-refractivity contribution in [3.8, 4) is 17.6 Å². The summed E-state index contributed by atoms with van der Waals surface area (Å²) in [7, 11) is 1.70. The molecule has 0 aliphatic heterocycles. The Bertz CT molecular complexity index is 601. The van der Waals surface area contributed by atoms with Crippen molar-refractivity contribution in [3.05, 3.63) is 29.8 Å². The molecular weight excluding hydrogens is 266 g/mol. The number of halogens is 1. The normalized spacial score (nSPS) is 9.79. The molecule has 6 nitrogen and oxygen atoms in total. The molecule has 2 aromatic heterocycles. The molecule has 98 valence electrons. The van der Waals surface area contributed by atoms with Crippen molar-refractivity contribution in [2.24, 2.45) is 7.05 Å². The zero-order valence-corrected chi connectivity index (χ0v) is 11.1. The van der Waals surface area contributed by atoms with Crippen molar-refractivity contribution in [2.75, 3.05) is 5.88 Å². The Hall–Kier alpha value is -2.13. The Kier molecular flexibility index (Phi) is 4.70. The minimum Gasteiger partial charge on any atom is -0.484 e. The van der Waals surface area contributed by atoms with E-state index in [-0.39, 0.29) is 6.61 Å². The molecule has 0 unspecified atom stereocenters. The number of hydrogen-bond donors (Lipinski definition) is 0. The van der Waals surface area contributed by atoms with E-state index in [1.165, 1.54) is 4.80 Å². The number of hydrogen-bond acceptors (Lipinski definition) is 5. The molecule has 0 bridgehead atoms. The molecule has 0 saturated carbocycles. The lowest BCUT2D eigenvalue weighted by Gasteiger charge is -2.02. The van der Waals surface area contributed by atoms with Gasteiger partial charge in [-0.25, -0.2) is 0 Å². The van der Waals surface area contributed by atoms with E-state index in [2.05, 4.69) is 32.2 Å². The van der Waals surface area contributed by atoms with Gasteiger partial charge in [0.15, 0.2) is 6.61 Å². The standard InChI is InChI=1S/C12H12ClN5O/c1-18-16-12(15-17-18)9-19-11-6-10(7-14-8-11)4-2-3-5-13/h6-8H,3,5,9H2,1H3. The van der Waals surface area contributed by atoms with Gasteiger partial charge in [0.1, 0.15) is 5.75 Å². The first kappa shape index (κ1) is 13.3. The van der Waals surface area contributed by atoms with Crippen LogP contribution in [0.25, 0.3) is 0 Å². The Morgan fingerprint density at radius 1 is 1.42 bits per heavy atom. The van der Waals surface area contributed by atoms with Gasteiger partial charge in [0.05, 0.1) is 13.2 Å². The average Bonchev–Trinajstić information content (AvgIpc) is 2.83. The molecule has 0 fully saturated rings. The van der Waals surface area contributed by atoms with E-state index in [1.54, 1.807) is 19.4 Å². The number of alkyl halides is 1. The summed E-state index contributed by atoms with van der Waals surface area (Å²) in [5.41, 5.74) is 0.787. The first-order valence-electron chi connectivity index (χ1n) is 5.63. The maximum absolute atomic E-state index is 5.55. The summed E-state index contributed by atoms with van der Waals surface area (Å²) in [5.74, 6) is 7.56. The van der Waals surface area contributed by atoms with Gasteiger partial charge >= 0.3 is 0 Å². The summed E-state index contributed by atoms with van der Waals surface area (Å²) in [6, 6.07) is 1.81. The van der Waals surface area contributed by atoms with Gasteiger partial charge in [0.2, 0.25) is 5.82 Å². The smallest absolute Gasteiger partial charge is 0.212 e. The molecule has 2 rings (SSSR count). The fraction of sp³-hybridized carbons (Fsp3) is 0.333. The van der Waals surface area contributed by atoms with Gasteiger partial charge in [-0.15, -0.1) is 21.8 Å². The molecule has 0 atom stereocenters. The molecule has 0 spiro atoms. The molecule has 0 amide bonds. The molecule has 7 heteroatoms. The molecule has 2 heterocycles. The largest absolute Gasteiger partial charge is 0.484 e. The van der Waals surface area contributed by atoms with Crippen LogP contribution in [0.4, 0.5) is 0 Å². The van der Waals surface area contributed by atoms with E-state index >= 15 is 0 Å². The van der Waals surface area contributed by atoms with Gasteiger partial charge in [-0.05, 0) is 11.3 Å². The fourth-order valence-corrected chi connectivity index (χ4v) is 1.40. The second-order valence-corrected chi connectivity index (χ2v) is 4.01. The Morgan fingerprint density at radius 2 is 2.32 bits per heavy atom. The van der Waals surface area contributed by atoms with E-state index in [0.29, 0.717) is 23.9 Å². The lowest BCUT2D eigenvalue weighted by molar-refractivity contribution is 0.294. The van der Waals surface area contributed by atoms with Gasteiger partial charge in [0.25, 0.3) is 0 Å². The number of ether oxygens (including phenoxy) is 1. The van der Waals surface area contributed by atoms with E-state index < -0.39 is 0 Å². The van der Waals surface area contributed by atoms with E-state index in [0.717, 1.165) is 5.56 Å². The number of nitrogens with zero attached hydrogens (tertiary/aromatic N) is 5. The summed E-state index contributed by atoms with van der Waals surface area (Å²) in [6.45, 7) is 0.244. The van der Waals surface area contributed by atoms with Crippen molar-refractivity contribution >= 4 is 11.6 Å². The predicted octanol–water partition coefficient (Wildman–Crippen LogP) is 1.16. The highest BCUT2D eigenvalue weighted by molar-refractivity contribution is 6.18. The van der Waals surface area contributed by atoms with Crippen LogP contribution in [-0.2, 0) is 13.7 Å². The number of tetrazole rings is 1. The number of pyridine rings is 1. The summed E-state index contributed by atoms with van der Waals surface area (Å²) in [6.07, 6.45) is 3.94. The highest BCUT2D eigenvalue weighted by Crippen LogP contribution is 2.11. The number of rotatable bonds is 4. The van der Waals surface area contributed by atoms with Crippen LogP contribution in [0, 0.1) is 11.8 Å². The van der Waals surface area contributed by atoms with Crippen LogP contribution in [0.5, 0.6) is 5.75 Å². The minimum absolute atomic E-state index is 0.244. The lowest BCUT2D eigenvalue weighted by Crippen LogP contribution is -1.99. The van der Waals surface area contributed by atoms with Crippen molar-refractivity contribution in [1.29, 1.82) is 0 Å². The van der Waals surface area contributed by atoms with Crippen LogP contribution < -0.4 is 4.74 Å². The van der Waals surface area contributed by atoms with Crippen molar-refractivity contribution in [1.82, 2.24) is 25.2 Å². The molecule has 0 N–H and O–H groups in total. The molecule has 0 aliphatic carbocycles. The average molecular weight is 278 g/mol. The Labute approximate surface area is 115 Å². The molecule has 0 aliphatic rings. The maximum atomic E-state index is 5.55. The van der Waals surface area contributed by atoms with Crippen LogP contribution in [0.1, 0.15) is 17.8 Å². The summed E-state index contributed by atoms with van der Waals surface area (Å²) in [5, 5.41) is 11.6. The summed E-state index contributed by atoms with van der Waals surface area (Å²) >= 11 is 5.55. The summed E-state index contributed by atoms with van der Waals surface area (Å²) < 4.78 is 5.52. The SMILES string of the molecule is Cn1nnc(COc2cncc(C#CCCCl)c2)n1. The zero-order valence-electron chi connectivity index (χ0n) is 10.4. The van der Waals surface area contributed by atoms with Gasteiger partial charge < -0.3 is 4.74 Å². The van der Waals surface area contributed by atoms with Gasteiger partial charge in [-0.2, -0.15) is 4.80 Å². The minimum atomic E-state index is 0.244. The monoisotopic (exact) mass is 277 g/mol. The summed E-state index contributed by atoms with van der Waals surface area (Å²) in [4.78, 5) is 5.44. The third kappa shape index (κ3) is 4.23. The van der Waals surface area contributed by atoms with Gasteiger partial charge in [0, 0.05) is 24.1 Å². The van der Waals surface area contributed by atoms with Crippen LogP contribution in [0.3, 0.4) is 0 Å². The topological polar surface area (TPSA) is 65.7 Å². The fourth-order valence-electron chi connectivity index (χ4n) is 1.31. The maximum Gasteiger partial charge on any atom is 0.212 e. The molecule has 0 aromatic carbocycles. The highest BCUT2D eigenvalue weighted by Gasteiger charge is 2.02. The predicted molar refractivity (Wildman–Crippen MR) is 69.6 cm³/mol. The lowest BCUT2D eigenvalue weighted by atomic mass is 10.3.